The van der Waals surface area contributed by atoms with Crippen molar-refractivity contribution in [2.45, 2.75) is 0 Å². The molecular formula is C15H9ClFN5OS. The molecule has 3 aromatic heterocycles. The molecule has 0 unspecified atom stereocenters. The molecule has 4 aromatic rings. The zero-order chi connectivity index (χ0) is 16.7. The topological polar surface area (TPSA) is 65.2 Å². The van der Waals surface area contributed by atoms with Gasteiger partial charge in [0.25, 0.3) is 0 Å². The molecule has 0 atom stereocenters. The summed E-state index contributed by atoms with van der Waals surface area (Å²) in [7, 11) is 1.57. The highest BCUT2D eigenvalue weighted by molar-refractivity contribution is 7.19. The molecule has 0 aliphatic heterocycles. The third-order valence-corrected chi connectivity index (χ3v) is 4.66. The number of ether oxygens (including phenoxy) is 1. The number of hydrogen-bond donors (Lipinski definition) is 0. The number of fused-ring (bicyclic) bond motifs is 1. The number of rotatable bonds is 3. The minimum absolute atomic E-state index is 0.492. The second kappa shape index (κ2) is 5.81. The van der Waals surface area contributed by atoms with E-state index in [4.69, 9.17) is 16.3 Å². The normalized spacial score (nSPS) is 11.1. The van der Waals surface area contributed by atoms with Crippen LogP contribution in [0.25, 0.3) is 26.9 Å². The van der Waals surface area contributed by atoms with E-state index < -0.39 is 5.95 Å². The Hall–Kier alpha value is -2.58. The fourth-order valence-electron chi connectivity index (χ4n) is 2.24. The second-order valence-electron chi connectivity index (χ2n) is 4.84. The van der Waals surface area contributed by atoms with Crippen LogP contribution in [0.15, 0.2) is 36.5 Å². The fourth-order valence-corrected chi connectivity index (χ4v) is 3.28. The second-order valence-corrected chi connectivity index (χ2v) is 6.20. The molecule has 3 heterocycles. The monoisotopic (exact) mass is 361 g/mol. The van der Waals surface area contributed by atoms with Crippen LogP contribution in [0.4, 0.5) is 4.39 Å². The van der Waals surface area contributed by atoms with Crippen LogP contribution in [0.2, 0.25) is 5.02 Å². The standard InChI is InChI=1S/C15H9ClFN5OS/c1-23-9-2-3-11(16)10(7-9)13-19-20-15-22(13)21-14(24-15)8-4-5-18-12(17)6-8/h2-7H,1H3. The van der Waals surface area contributed by atoms with E-state index >= 15 is 0 Å². The Labute approximate surface area is 144 Å². The van der Waals surface area contributed by atoms with Gasteiger partial charge in [0, 0.05) is 23.4 Å². The molecule has 0 N–H and O–H groups in total. The summed E-state index contributed by atoms with van der Waals surface area (Å²) in [6.07, 6.45) is 1.40. The summed E-state index contributed by atoms with van der Waals surface area (Å²) in [5, 5.41) is 13.9. The largest absolute Gasteiger partial charge is 0.497 e. The highest BCUT2D eigenvalue weighted by Crippen LogP contribution is 2.33. The van der Waals surface area contributed by atoms with Crippen molar-refractivity contribution < 1.29 is 9.13 Å². The molecule has 0 radical (unpaired) electrons. The molecule has 4 rings (SSSR count). The molecule has 1 aromatic carbocycles. The smallest absolute Gasteiger partial charge is 0.235 e. The summed E-state index contributed by atoms with van der Waals surface area (Å²) in [4.78, 5) is 4.13. The maximum absolute atomic E-state index is 13.3. The molecule has 0 fully saturated rings. The van der Waals surface area contributed by atoms with Gasteiger partial charge in [0.1, 0.15) is 10.8 Å². The first-order chi connectivity index (χ1) is 11.7. The van der Waals surface area contributed by atoms with Crippen molar-refractivity contribution in [3.63, 3.8) is 0 Å². The van der Waals surface area contributed by atoms with Crippen molar-refractivity contribution in [2.75, 3.05) is 7.11 Å². The van der Waals surface area contributed by atoms with Gasteiger partial charge in [-0.05, 0) is 24.3 Å². The minimum atomic E-state index is -0.561. The van der Waals surface area contributed by atoms with Crippen molar-refractivity contribution in [3.8, 4) is 27.7 Å². The number of benzene rings is 1. The molecule has 24 heavy (non-hydrogen) atoms. The van der Waals surface area contributed by atoms with E-state index in [1.807, 2.05) is 0 Å². The van der Waals surface area contributed by atoms with Gasteiger partial charge in [0.15, 0.2) is 5.82 Å². The lowest BCUT2D eigenvalue weighted by atomic mass is 10.2. The third-order valence-electron chi connectivity index (χ3n) is 3.38. The molecule has 0 bridgehead atoms. The van der Waals surface area contributed by atoms with Crippen molar-refractivity contribution in [1.29, 1.82) is 0 Å². The van der Waals surface area contributed by atoms with E-state index in [1.165, 1.54) is 23.6 Å². The maximum atomic E-state index is 13.3. The number of methoxy groups -OCH3 is 1. The Morgan fingerprint density at radius 1 is 1.21 bits per heavy atom. The fraction of sp³-hybridized carbons (Fsp3) is 0.0667. The Kier molecular flexibility index (Phi) is 3.62. The lowest BCUT2D eigenvalue weighted by Gasteiger charge is -2.04. The first kappa shape index (κ1) is 15.0. The van der Waals surface area contributed by atoms with Gasteiger partial charge >= 0.3 is 0 Å². The van der Waals surface area contributed by atoms with E-state index in [2.05, 4.69) is 20.3 Å². The highest BCUT2D eigenvalue weighted by Gasteiger charge is 2.17. The lowest BCUT2D eigenvalue weighted by molar-refractivity contribution is 0.415. The summed E-state index contributed by atoms with van der Waals surface area (Å²) in [5.41, 5.74) is 1.28. The van der Waals surface area contributed by atoms with Gasteiger partial charge in [-0.3, -0.25) is 0 Å². The van der Waals surface area contributed by atoms with E-state index in [9.17, 15) is 4.39 Å². The van der Waals surface area contributed by atoms with Crippen LogP contribution in [0.5, 0.6) is 5.75 Å². The van der Waals surface area contributed by atoms with Crippen LogP contribution in [0, 0.1) is 5.95 Å². The first-order valence-electron chi connectivity index (χ1n) is 6.84. The summed E-state index contributed by atoms with van der Waals surface area (Å²) in [6.45, 7) is 0. The van der Waals surface area contributed by atoms with Gasteiger partial charge in [-0.15, -0.1) is 10.2 Å². The molecule has 0 aliphatic rings. The number of hydrogen-bond acceptors (Lipinski definition) is 6. The number of nitrogens with zero attached hydrogens (tertiary/aromatic N) is 5. The van der Waals surface area contributed by atoms with Gasteiger partial charge in [0.05, 0.1) is 12.1 Å². The average Bonchev–Trinajstić information content (AvgIpc) is 3.16. The van der Waals surface area contributed by atoms with Gasteiger partial charge in [-0.25, -0.2) is 4.98 Å². The van der Waals surface area contributed by atoms with Crippen molar-refractivity contribution in [2.24, 2.45) is 0 Å². The van der Waals surface area contributed by atoms with Crippen molar-refractivity contribution in [1.82, 2.24) is 24.8 Å². The predicted octanol–water partition coefficient (Wildman–Crippen LogP) is 3.72. The van der Waals surface area contributed by atoms with Crippen molar-refractivity contribution >= 4 is 27.9 Å². The summed E-state index contributed by atoms with van der Waals surface area (Å²) < 4.78 is 20.1. The van der Waals surface area contributed by atoms with Crippen LogP contribution in [0.1, 0.15) is 0 Å². The minimum Gasteiger partial charge on any atom is -0.497 e. The SMILES string of the molecule is COc1ccc(Cl)c(-c2nnc3sc(-c4ccnc(F)c4)nn23)c1. The molecule has 0 amide bonds. The van der Waals surface area contributed by atoms with E-state index in [-0.39, 0.29) is 0 Å². The molecule has 6 nitrogen and oxygen atoms in total. The average molecular weight is 362 g/mol. The zero-order valence-corrected chi connectivity index (χ0v) is 13.8. The van der Waals surface area contributed by atoms with Gasteiger partial charge < -0.3 is 4.74 Å². The maximum Gasteiger partial charge on any atom is 0.235 e. The Bertz CT molecular complexity index is 1050. The Morgan fingerprint density at radius 3 is 2.88 bits per heavy atom. The first-order valence-corrected chi connectivity index (χ1v) is 8.03. The Balaban J connectivity index is 1.86. The van der Waals surface area contributed by atoms with E-state index in [1.54, 1.807) is 35.9 Å². The molecule has 0 saturated carbocycles. The van der Waals surface area contributed by atoms with Gasteiger partial charge in [-0.1, -0.05) is 22.9 Å². The summed E-state index contributed by atoms with van der Waals surface area (Å²) in [6, 6.07) is 8.26. The molecule has 0 spiro atoms. The van der Waals surface area contributed by atoms with Gasteiger partial charge in [-0.2, -0.15) is 14.0 Å². The number of aromatic nitrogens is 5. The van der Waals surface area contributed by atoms with Crippen molar-refractivity contribution in [3.05, 3.63) is 47.5 Å². The molecule has 9 heteroatoms. The zero-order valence-electron chi connectivity index (χ0n) is 12.3. The predicted molar refractivity (Wildman–Crippen MR) is 88.8 cm³/mol. The molecule has 0 aliphatic carbocycles. The van der Waals surface area contributed by atoms with Gasteiger partial charge in [0.2, 0.25) is 10.9 Å². The number of pyridine rings is 1. The third kappa shape index (κ3) is 2.49. The van der Waals surface area contributed by atoms with Crippen LogP contribution < -0.4 is 4.74 Å². The van der Waals surface area contributed by atoms with E-state index in [0.717, 1.165) is 0 Å². The van der Waals surface area contributed by atoms with Crippen LogP contribution >= 0.6 is 22.9 Å². The van der Waals surface area contributed by atoms with E-state index in [0.29, 0.717) is 37.7 Å². The molecule has 120 valence electrons. The molecule has 0 saturated heterocycles. The summed E-state index contributed by atoms with van der Waals surface area (Å²) in [5.74, 6) is 0.582. The summed E-state index contributed by atoms with van der Waals surface area (Å²) >= 11 is 7.57. The number of halogens is 2. The quantitative estimate of drug-likeness (QED) is 0.520. The van der Waals surface area contributed by atoms with Crippen LogP contribution in [-0.4, -0.2) is 31.9 Å². The highest BCUT2D eigenvalue weighted by atomic mass is 35.5. The van der Waals surface area contributed by atoms with Crippen LogP contribution in [0.3, 0.4) is 0 Å². The van der Waals surface area contributed by atoms with Crippen LogP contribution in [-0.2, 0) is 0 Å². The Morgan fingerprint density at radius 2 is 2.08 bits per heavy atom. The lowest BCUT2D eigenvalue weighted by Crippen LogP contribution is -1.93. The molecular weight excluding hydrogens is 353 g/mol.